The molecule has 146 valence electrons. The van der Waals surface area contributed by atoms with Gasteiger partial charge in [-0.25, -0.2) is 10.0 Å². The number of benzene rings is 2. The summed E-state index contributed by atoms with van der Waals surface area (Å²) in [5.74, 6) is 0. The quantitative estimate of drug-likeness (QED) is 0.668. The number of hydrogen-bond acceptors (Lipinski definition) is 3. The summed E-state index contributed by atoms with van der Waals surface area (Å²) in [6, 6.07) is 19.6. The highest BCUT2D eigenvalue weighted by molar-refractivity contribution is 6.31. The number of hydrogen-bond donors (Lipinski definition) is 0. The van der Waals surface area contributed by atoms with Crippen LogP contribution in [0.5, 0.6) is 0 Å². The van der Waals surface area contributed by atoms with Crippen molar-refractivity contribution in [2.45, 2.75) is 32.7 Å². The molecule has 0 N–H and O–H groups in total. The van der Waals surface area contributed by atoms with Crippen molar-refractivity contribution >= 4 is 11.6 Å². The van der Waals surface area contributed by atoms with E-state index < -0.39 is 0 Å². The van der Waals surface area contributed by atoms with E-state index in [9.17, 15) is 0 Å². The van der Waals surface area contributed by atoms with E-state index in [0.717, 1.165) is 57.1 Å². The van der Waals surface area contributed by atoms with Gasteiger partial charge in [-0.05, 0) is 30.0 Å². The van der Waals surface area contributed by atoms with Gasteiger partial charge in [0.15, 0.2) is 0 Å². The monoisotopic (exact) mass is 385 g/mol. The summed E-state index contributed by atoms with van der Waals surface area (Å²) in [6.45, 7) is 11.1. The summed E-state index contributed by atoms with van der Waals surface area (Å²) in [5.41, 5.74) is 2.66. The van der Waals surface area contributed by atoms with Crippen LogP contribution in [0.15, 0.2) is 54.6 Å². The van der Waals surface area contributed by atoms with E-state index in [0.29, 0.717) is 6.04 Å². The molecule has 1 atom stereocenters. The fraction of sp³-hybridized carbons (Fsp3) is 0.478. The van der Waals surface area contributed by atoms with Crippen molar-refractivity contribution < 1.29 is 0 Å². The molecule has 3 nitrogen and oxygen atoms in total. The molecule has 0 radical (unpaired) electrons. The molecule has 1 aliphatic rings. The van der Waals surface area contributed by atoms with Gasteiger partial charge in [0.25, 0.3) is 0 Å². The van der Waals surface area contributed by atoms with Gasteiger partial charge in [0, 0.05) is 50.3 Å². The Morgan fingerprint density at radius 3 is 2.11 bits per heavy atom. The van der Waals surface area contributed by atoms with Crippen LogP contribution in [0.2, 0.25) is 5.02 Å². The largest absolute Gasteiger partial charge is 0.297 e. The highest BCUT2D eigenvalue weighted by Gasteiger charge is 2.26. The Bertz CT molecular complexity index is 679. The molecule has 1 unspecified atom stereocenters. The van der Waals surface area contributed by atoms with Gasteiger partial charge in [-0.1, -0.05) is 74.0 Å². The summed E-state index contributed by atoms with van der Waals surface area (Å²) < 4.78 is 0. The molecule has 0 aliphatic carbocycles. The van der Waals surface area contributed by atoms with Crippen LogP contribution in [0.4, 0.5) is 0 Å². The Labute approximate surface area is 169 Å². The molecule has 27 heavy (non-hydrogen) atoms. The zero-order valence-electron chi connectivity index (χ0n) is 16.6. The first kappa shape index (κ1) is 20.3. The third-order valence-electron chi connectivity index (χ3n) is 5.66. The summed E-state index contributed by atoms with van der Waals surface area (Å²) >= 11 is 6.48. The molecule has 0 aromatic heterocycles. The Balaban J connectivity index is 1.71. The lowest BCUT2D eigenvalue weighted by Crippen LogP contribution is -2.56. The Morgan fingerprint density at radius 2 is 1.48 bits per heavy atom. The van der Waals surface area contributed by atoms with Gasteiger partial charge in [0.2, 0.25) is 0 Å². The number of hydrazine groups is 1. The van der Waals surface area contributed by atoms with Gasteiger partial charge in [0.05, 0.1) is 0 Å². The molecule has 0 saturated carbocycles. The summed E-state index contributed by atoms with van der Waals surface area (Å²) in [6.07, 6.45) is 2.07. The van der Waals surface area contributed by atoms with Crippen molar-refractivity contribution in [2.75, 3.05) is 39.3 Å². The van der Waals surface area contributed by atoms with Crippen LogP contribution in [-0.2, 0) is 12.8 Å². The highest BCUT2D eigenvalue weighted by atomic mass is 35.5. The summed E-state index contributed by atoms with van der Waals surface area (Å²) in [4.78, 5) is 2.66. The number of halogens is 1. The van der Waals surface area contributed by atoms with Crippen LogP contribution in [0, 0.1) is 0 Å². The van der Waals surface area contributed by atoms with Crippen molar-refractivity contribution in [3.63, 3.8) is 0 Å². The predicted molar refractivity (Wildman–Crippen MR) is 115 cm³/mol. The van der Waals surface area contributed by atoms with Crippen molar-refractivity contribution in [1.29, 1.82) is 0 Å². The van der Waals surface area contributed by atoms with Crippen LogP contribution < -0.4 is 0 Å². The Morgan fingerprint density at radius 1 is 0.852 bits per heavy atom. The molecule has 4 heteroatoms. The second-order valence-electron chi connectivity index (χ2n) is 7.27. The van der Waals surface area contributed by atoms with Crippen molar-refractivity contribution in [3.8, 4) is 0 Å². The second-order valence-corrected chi connectivity index (χ2v) is 7.67. The molecular weight excluding hydrogens is 354 g/mol. The normalized spacial score (nSPS) is 17.3. The van der Waals surface area contributed by atoms with E-state index in [1.165, 1.54) is 11.1 Å². The summed E-state index contributed by atoms with van der Waals surface area (Å²) in [5, 5.41) is 5.86. The van der Waals surface area contributed by atoms with Crippen LogP contribution >= 0.6 is 11.6 Å². The first-order valence-electron chi connectivity index (χ1n) is 10.2. The van der Waals surface area contributed by atoms with Crippen molar-refractivity contribution in [3.05, 3.63) is 70.7 Å². The maximum atomic E-state index is 6.48. The lowest BCUT2D eigenvalue weighted by molar-refractivity contribution is -0.0577. The predicted octanol–water partition coefficient (Wildman–Crippen LogP) is 4.37. The molecular formula is C23H32ClN3. The number of rotatable bonds is 8. The topological polar surface area (TPSA) is 9.72 Å². The van der Waals surface area contributed by atoms with Gasteiger partial charge >= 0.3 is 0 Å². The van der Waals surface area contributed by atoms with Crippen molar-refractivity contribution in [2.24, 2.45) is 0 Å². The average Bonchev–Trinajstić information content (AvgIpc) is 2.71. The minimum atomic E-state index is 0.478. The molecule has 0 bridgehead atoms. The van der Waals surface area contributed by atoms with Crippen LogP contribution in [0.1, 0.15) is 25.0 Å². The molecule has 1 aliphatic heterocycles. The van der Waals surface area contributed by atoms with Crippen LogP contribution in [-0.4, -0.2) is 60.2 Å². The molecule has 0 spiro atoms. The van der Waals surface area contributed by atoms with Gasteiger partial charge in [-0.15, -0.1) is 0 Å². The Hall–Kier alpha value is -1.39. The molecule has 0 amide bonds. The second kappa shape index (κ2) is 10.2. The lowest BCUT2D eigenvalue weighted by atomic mass is 9.97. The van der Waals surface area contributed by atoms with Gasteiger partial charge < -0.3 is 0 Å². The number of piperazine rings is 1. The zero-order valence-corrected chi connectivity index (χ0v) is 17.4. The molecule has 3 rings (SSSR count). The maximum Gasteiger partial charge on any atom is 0.0438 e. The van der Waals surface area contributed by atoms with Gasteiger partial charge in [0.1, 0.15) is 0 Å². The lowest BCUT2D eigenvalue weighted by Gasteiger charge is -2.43. The first-order valence-corrected chi connectivity index (χ1v) is 10.6. The van der Waals surface area contributed by atoms with Crippen LogP contribution in [0.25, 0.3) is 0 Å². The molecule has 1 saturated heterocycles. The fourth-order valence-electron chi connectivity index (χ4n) is 4.12. The van der Waals surface area contributed by atoms with Gasteiger partial charge in [-0.2, -0.15) is 0 Å². The van der Waals surface area contributed by atoms with E-state index >= 15 is 0 Å². The minimum absolute atomic E-state index is 0.478. The first-order chi connectivity index (χ1) is 13.2. The number of nitrogens with zero attached hydrogens (tertiary/aromatic N) is 3. The third kappa shape index (κ3) is 5.55. The van der Waals surface area contributed by atoms with E-state index in [1.54, 1.807) is 0 Å². The average molecular weight is 386 g/mol. The molecule has 1 heterocycles. The fourth-order valence-corrected chi connectivity index (χ4v) is 4.33. The molecule has 2 aromatic rings. The molecule has 2 aromatic carbocycles. The van der Waals surface area contributed by atoms with E-state index in [1.807, 2.05) is 12.1 Å². The van der Waals surface area contributed by atoms with E-state index in [-0.39, 0.29) is 0 Å². The SMILES string of the molecule is CCN(CC)N1CCN(C(Cc2ccccc2)Cc2ccccc2Cl)CC1. The van der Waals surface area contributed by atoms with E-state index in [2.05, 4.69) is 71.2 Å². The zero-order chi connectivity index (χ0) is 19.1. The maximum absolute atomic E-state index is 6.48. The van der Waals surface area contributed by atoms with E-state index in [4.69, 9.17) is 11.6 Å². The highest BCUT2D eigenvalue weighted by Crippen LogP contribution is 2.22. The minimum Gasteiger partial charge on any atom is -0.297 e. The van der Waals surface area contributed by atoms with Crippen molar-refractivity contribution in [1.82, 2.24) is 14.9 Å². The Kier molecular flexibility index (Phi) is 7.71. The molecule has 1 fully saturated rings. The third-order valence-corrected chi connectivity index (χ3v) is 6.03. The van der Waals surface area contributed by atoms with Crippen LogP contribution in [0.3, 0.4) is 0 Å². The summed E-state index contributed by atoms with van der Waals surface area (Å²) in [7, 11) is 0. The smallest absolute Gasteiger partial charge is 0.0438 e. The van der Waals surface area contributed by atoms with Gasteiger partial charge in [-0.3, -0.25) is 4.90 Å². The standard InChI is InChI=1S/C23H32ClN3/c1-3-26(4-2)27-16-14-25(15-17-27)22(18-20-10-6-5-7-11-20)19-21-12-8-9-13-23(21)24/h5-13,22H,3-4,14-19H2,1-2H3.